The van der Waals surface area contributed by atoms with Crippen molar-refractivity contribution in [3.63, 3.8) is 0 Å². The molecule has 1 aromatic heterocycles. The fourth-order valence-corrected chi connectivity index (χ4v) is 3.11. The zero-order chi connectivity index (χ0) is 20.8. The topological polar surface area (TPSA) is 73.1 Å². The van der Waals surface area contributed by atoms with Gasteiger partial charge in [0.05, 0.1) is 18.6 Å². The van der Waals surface area contributed by atoms with Crippen molar-refractivity contribution in [3.05, 3.63) is 58.5 Å². The molecule has 0 amide bonds. The van der Waals surface area contributed by atoms with Crippen LogP contribution in [0.5, 0.6) is 0 Å². The lowest BCUT2D eigenvalue weighted by Gasteiger charge is -2.24. The van der Waals surface area contributed by atoms with E-state index in [-0.39, 0.29) is 36.2 Å². The molecule has 0 aliphatic rings. The van der Waals surface area contributed by atoms with Gasteiger partial charge in [-0.1, -0.05) is 26.0 Å². The van der Waals surface area contributed by atoms with Crippen LogP contribution in [-0.2, 0) is 22.7 Å². The van der Waals surface area contributed by atoms with E-state index < -0.39 is 12.1 Å². The summed E-state index contributed by atoms with van der Waals surface area (Å²) < 4.78 is 16.2. The van der Waals surface area contributed by atoms with Crippen molar-refractivity contribution in [3.8, 4) is 0 Å². The van der Waals surface area contributed by atoms with Crippen molar-refractivity contribution in [1.82, 2.24) is 14.5 Å². The zero-order valence-electron chi connectivity index (χ0n) is 16.8. The van der Waals surface area contributed by atoms with E-state index in [4.69, 9.17) is 0 Å². The van der Waals surface area contributed by atoms with Gasteiger partial charge >= 0.3 is 5.69 Å². The number of aromatic nitrogens is 2. The molecule has 0 unspecified atom stereocenters. The number of ketones is 2. The number of hydrogen-bond donors (Lipinski definition) is 1. The van der Waals surface area contributed by atoms with E-state index in [9.17, 15) is 18.8 Å². The average molecular weight is 389 g/mol. The van der Waals surface area contributed by atoms with Crippen LogP contribution in [0.3, 0.4) is 0 Å². The standard InChI is InChI=1S/C21H28FN3O3/c1-14(2)10-19(15(3)26)23-20(16(4)27)13-25-9-8-24(21(25)28)12-17-6-5-7-18(22)11-17/h5-9,11,14,19-20,23H,10,12-13H2,1-4H3/t19-,20-/m0/s1. The molecule has 152 valence electrons. The molecule has 0 aliphatic heterocycles. The average Bonchev–Trinajstić information content (AvgIpc) is 2.93. The minimum atomic E-state index is -0.643. The quantitative estimate of drug-likeness (QED) is 0.677. The predicted molar refractivity (Wildman–Crippen MR) is 106 cm³/mol. The van der Waals surface area contributed by atoms with Gasteiger partial charge in [0.15, 0.2) is 0 Å². The Kier molecular flexibility index (Phi) is 7.45. The monoisotopic (exact) mass is 389 g/mol. The van der Waals surface area contributed by atoms with E-state index in [0.717, 1.165) is 0 Å². The number of nitrogens with zero attached hydrogens (tertiary/aromatic N) is 2. The van der Waals surface area contributed by atoms with Gasteiger partial charge < -0.3 is 0 Å². The van der Waals surface area contributed by atoms with Gasteiger partial charge in [-0.2, -0.15) is 0 Å². The molecule has 28 heavy (non-hydrogen) atoms. The third-order valence-corrected chi connectivity index (χ3v) is 4.63. The minimum Gasteiger partial charge on any atom is -0.298 e. The van der Waals surface area contributed by atoms with Crippen molar-refractivity contribution in [1.29, 1.82) is 0 Å². The Morgan fingerprint density at radius 1 is 1.07 bits per heavy atom. The van der Waals surface area contributed by atoms with Crippen molar-refractivity contribution in [2.75, 3.05) is 0 Å². The zero-order valence-corrected chi connectivity index (χ0v) is 16.8. The SMILES string of the molecule is CC(=O)[C@H](CC(C)C)N[C@@H](Cn1ccn(Cc2cccc(F)c2)c1=O)C(C)=O. The summed E-state index contributed by atoms with van der Waals surface area (Å²) in [6.45, 7) is 7.34. The fourth-order valence-electron chi connectivity index (χ4n) is 3.11. The first kappa shape index (κ1) is 21.8. The van der Waals surface area contributed by atoms with Crippen molar-refractivity contribution in [2.45, 2.75) is 59.3 Å². The summed E-state index contributed by atoms with van der Waals surface area (Å²) in [6.07, 6.45) is 3.83. The summed E-state index contributed by atoms with van der Waals surface area (Å²) in [7, 11) is 0. The van der Waals surface area contributed by atoms with E-state index in [0.29, 0.717) is 17.9 Å². The molecule has 0 spiro atoms. The lowest BCUT2D eigenvalue weighted by Crippen LogP contribution is -2.49. The second-order valence-corrected chi connectivity index (χ2v) is 7.61. The Morgan fingerprint density at radius 3 is 2.29 bits per heavy atom. The van der Waals surface area contributed by atoms with Gasteiger partial charge in [0.25, 0.3) is 0 Å². The third-order valence-electron chi connectivity index (χ3n) is 4.63. The molecule has 0 saturated heterocycles. The van der Waals surface area contributed by atoms with Gasteiger partial charge in [-0.05, 0) is 43.9 Å². The summed E-state index contributed by atoms with van der Waals surface area (Å²) in [5.74, 6) is -0.230. The molecule has 7 heteroatoms. The Labute approximate surface area is 164 Å². The molecule has 2 aromatic rings. The second-order valence-electron chi connectivity index (χ2n) is 7.61. The van der Waals surface area contributed by atoms with Gasteiger partial charge in [0.1, 0.15) is 17.4 Å². The third kappa shape index (κ3) is 5.99. The number of carbonyl (C=O) groups excluding carboxylic acids is 2. The molecule has 0 saturated carbocycles. The molecule has 1 aromatic carbocycles. The van der Waals surface area contributed by atoms with Crippen LogP contribution in [0.4, 0.5) is 4.39 Å². The highest BCUT2D eigenvalue weighted by atomic mass is 19.1. The Morgan fingerprint density at radius 2 is 1.71 bits per heavy atom. The molecule has 1 N–H and O–H groups in total. The summed E-state index contributed by atoms with van der Waals surface area (Å²) in [5.41, 5.74) is 0.384. The predicted octanol–water partition coefficient (Wildman–Crippen LogP) is 2.39. The lowest BCUT2D eigenvalue weighted by molar-refractivity contribution is -0.121. The van der Waals surface area contributed by atoms with E-state index in [1.165, 1.54) is 35.1 Å². The highest BCUT2D eigenvalue weighted by Crippen LogP contribution is 2.08. The molecule has 0 aliphatic carbocycles. The number of imidazole rings is 1. The summed E-state index contributed by atoms with van der Waals surface area (Å²) in [6, 6.07) is 5.00. The number of benzene rings is 1. The number of nitrogens with one attached hydrogen (secondary N) is 1. The maximum atomic E-state index is 13.3. The van der Waals surface area contributed by atoms with Gasteiger partial charge in [0.2, 0.25) is 0 Å². The molecule has 1 heterocycles. The summed E-state index contributed by atoms with van der Waals surface area (Å²) in [4.78, 5) is 36.7. The maximum absolute atomic E-state index is 13.3. The van der Waals surface area contributed by atoms with Gasteiger partial charge in [-0.3, -0.25) is 24.0 Å². The molecule has 2 atom stereocenters. The van der Waals surface area contributed by atoms with Crippen LogP contribution < -0.4 is 11.0 Å². The van der Waals surface area contributed by atoms with Crippen LogP contribution in [0, 0.1) is 11.7 Å². The number of halogens is 1. The normalized spacial score (nSPS) is 13.5. The summed E-state index contributed by atoms with van der Waals surface area (Å²) in [5, 5.41) is 3.11. The van der Waals surface area contributed by atoms with Gasteiger partial charge in [-0.25, -0.2) is 9.18 Å². The first-order valence-electron chi connectivity index (χ1n) is 9.44. The smallest absolute Gasteiger partial charge is 0.298 e. The van der Waals surface area contributed by atoms with Crippen LogP contribution in [0.25, 0.3) is 0 Å². The highest BCUT2D eigenvalue weighted by Gasteiger charge is 2.24. The number of carbonyl (C=O) groups is 2. The van der Waals surface area contributed by atoms with Crippen molar-refractivity contribution < 1.29 is 14.0 Å². The molecule has 0 fully saturated rings. The molecule has 0 bridgehead atoms. The van der Waals surface area contributed by atoms with Gasteiger partial charge in [0, 0.05) is 18.9 Å². The minimum absolute atomic E-state index is 0.0315. The Hall–Kier alpha value is -2.54. The van der Waals surface area contributed by atoms with E-state index in [1.54, 1.807) is 24.5 Å². The molecular weight excluding hydrogens is 361 g/mol. The summed E-state index contributed by atoms with van der Waals surface area (Å²) >= 11 is 0. The van der Waals surface area contributed by atoms with E-state index in [1.807, 2.05) is 13.8 Å². The molecule has 2 rings (SSSR count). The Bertz CT molecular complexity index is 885. The van der Waals surface area contributed by atoms with Gasteiger partial charge in [-0.15, -0.1) is 0 Å². The number of hydrogen-bond acceptors (Lipinski definition) is 4. The largest absolute Gasteiger partial charge is 0.328 e. The second kappa shape index (κ2) is 9.59. The first-order chi connectivity index (χ1) is 13.2. The number of rotatable bonds is 10. The lowest BCUT2D eigenvalue weighted by atomic mass is 9.99. The van der Waals surface area contributed by atoms with Crippen LogP contribution in [-0.4, -0.2) is 32.8 Å². The fraction of sp³-hybridized carbons (Fsp3) is 0.476. The van der Waals surface area contributed by atoms with Crippen LogP contribution >= 0.6 is 0 Å². The Balaban J connectivity index is 2.15. The number of Topliss-reactive ketones (excluding diaryl/α,β-unsaturated/α-hetero) is 2. The van der Waals surface area contributed by atoms with Crippen molar-refractivity contribution >= 4 is 11.6 Å². The molecule has 0 radical (unpaired) electrons. The maximum Gasteiger partial charge on any atom is 0.328 e. The van der Waals surface area contributed by atoms with Crippen LogP contribution in [0.1, 0.15) is 39.7 Å². The van der Waals surface area contributed by atoms with E-state index >= 15 is 0 Å². The van der Waals surface area contributed by atoms with Crippen LogP contribution in [0.2, 0.25) is 0 Å². The van der Waals surface area contributed by atoms with Crippen molar-refractivity contribution in [2.24, 2.45) is 5.92 Å². The molecular formula is C21H28FN3O3. The highest BCUT2D eigenvalue weighted by molar-refractivity contribution is 5.85. The van der Waals surface area contributed by atoms with Crippen LogP contribution in [0.15, 0.2) is 41.5 Å². The van der Waals surface area contributed by atoms with E-state index in [2.05, 4.69) is 5.32 Å². The first-order valence-corrected chi connectivity index (χ1v) is 9.44. The molecule has 6 nitrogen and oxygen atoms in total.